The molecule has 2 aliphatic heterocycles. The fraction of sp³-hybridized carbons (Fsp3) is 0.941. The van der Waals surface area contributed by atoms with Crippen LogP contribution in [0.15, 0.2) is 4.99 Å². The van der Waals surface area contributed by atoms with E-state index in [9.17, 15) is 21.6 Å². The second-order valence-corrected chi connectivity index (χ2v) is 8.99. The molecule has 2 aliphatic rings. The summed E-state index contributed by atoms with van der Waals surface area (Å²) in [6.07, 6.45) is 3.40. The number of guanidine groups is 1. The molecule has 2 fully saturated rings. The Balaban J connectivity index is 1.73. The normalized spacial score (nSPS) is 21.3. The van der Waals surface area contributed by atoms with Crippen molar-refractivity contribution >= 4 is 16.0 Å². The highest BCUT2D eigenvalue weighted by Crippen LogP contribution is 2.28. The highest BCUT2D eigenvalue weighted by atomic mass is 32.2. The third kappa shape index (κ3) is 7.58. The van der Waals surface area contributed by atoms with E-state index in [4.69, 9.17) is 9.47 Å². The van der Waals surface area contributed by atoms with Crippen LogP contribution in [0.2, 0.25) is 0 Å². The van der Waals surface area contributed by atoms with Crippen LogP contribution in [0.5, 0.6) is 0 Å². The minimum absolute atomic E-state index is 0.133. The van der Waals surface area contributed by atoms with Crippen molar-refractivity contribution in [3.05, 3.63) is 0 Å². The van der Waals surface area contributed by atoms with Crippen molar-refractivity contribution < 1.29 is 31.1 Å². The van der Waals surface area contributed by atoms with Gasteiger partial charge in [-0.15, -0.1) is 0 Å². The molecule has 2 N–H and O–H groups in total. The van der Waals surface area contributed by atoms with Crippen molar-refractivity contribution in [2.75, 3.05) is 46.0 Å². The van der Waals surface area contributed by atoms with Crippen LogP contribution in [-0.2, 0) is 19.5 Å². The van der Waals surface area contributed by atoms with E-state index in [-0.39, 0.29) is 38.1 Å². The van der Waals surface area contributed by atoms with E-state index in [1.54, 1.807) is 0 Å². The summed E-state index contributed by atoms with van der Waals surface area (Å²) >= 11 is 0. The van der Waals surface area contributed by atoms with Crippen LogP contribution >= 0.6 is 0 Å². The fourth-order valence-corrected chi connectivity index (χ4v) is 4.23. The summed E-state index contributed by atoms with van der Waals surface area (Å²) in [6, 6.07) is -0.133. The summed E-state index contributed by atoms with van der Waals surface area (Å²) in [6.45, 7) is 4.87. The molecule has 0 bridgehead atoms. The number of halogens is 3. The van der Waals surface area contributed by atoms with E-state index in [0.29, 0.717) is 30.0 Å². The van der Waals surface area contributed by atoms with Gasteiger partial charge >= 0.3 is 15.5 Å². The zero-order valence-electron chi connectivity index (χ0n) is 16.7. The van der Waals surface area contributed by atoms with Gasteiger partial charge in [-0.25, -0.2) is 8.42 Å². The van der Waals surface area contributed by atoms with E-state index < -0.39 is 15.5 Å². The molecule has 0 saturated carbocycles. The van der Waals surface area contributed by atoms with E-state index in [1.165, 1.54) is 0 Å². The number of sulfonamides is 1. The van der Waals surface area contributed by atoms with Gasteiger partial charge in [0.25, 0.3) is 0 Å². The summed E-state index contributed by atoms with van der Waals surface area (Å²) in [5.74, 6) is 0.579. The second kappa shape index (κ2) is 11.3. The first-order valence-electron chi connectivity index (χ1n) is 10.0. The van der Waals surface area contributed by atoms with Gasteiger partial charge in [0, 0.05) is 52.0 Å². The summed E-state index contributed by atoms with van der Waals surface area (Å²) in [4.78, 5) is 4.48. The third-order valence-corrected chi connectivity index (χ3v) is 6.50. The smallest absolute Gasteiger partial charge is 0.381 e. The maximum absolute atomic E-state index is 12.7. The molecular formula is C17H31F3N4O4S. The molecule has 0 aromatic rings. The van der Waals surface area contributed by atoms with Crippen molar-refractivity contribution in [2.24, 2.45) is 4.99 Å². The van der Waals surface area contributed by atoms with Crippen LogP contribution in [-0.4, -0.2) is 82.3 Å². The Morgan fingerprint density at radius 3 is 2.45 bits per heavy atom. The van der Waals surface area contributed by atoms with Crippen LogP contribution < -0.4 is 10.6 Å². The Labute approximate surface area is 170 Å². The maximum Gasteiger partial charge on any atom is 0.511 e. The zero-order chi connectivity index (χ0) is 21.3. The summed E-state index contributed by atoms with van der Waals surface area (Å²) in [5.41, 5.74) is -5.25. The first kappa shape index (κ1) is 24.2. The van der Waals surface area contributed by atoms with Gasteiger partial charge in [-0.2, -0.15) is 17.5 Å². The van der Waals surface area contributed by atoms with Crippen molar-refractivity contribution in [2.45, 2.75) is 56.7 Å². The molecule has 170 valence electrons. The van der Waals surface area contributed by atoms with Gasteiger partial charge in [-0.3, -0.25) is 4.99 Å². The van der Waals surface area contributed by atoms with Crippen LogP contribution in [0.4, 0.5) is 13.2 Å². The van der Waals surface area contributed by atoms with E-state index in [0.717, 1.165) is 32.5 Å². The highest BCUT2D eigenvalue weighted by Gasteiger charge is 2.50. The second-order valence-electron chi connectivity index (χ2n) is 7.07. The van der Waals surface area contributed by atoms with E-state index in [2.05, 4.69) is 15.6 Å². The largest absolute Gasteiger partial charge is 0.511 e. The molecule has 0 atom stereocenters. The Kier molecular flexibility index (Phi) is 9.44. The predicted octanol–water partition coefficient (Wildman–Crippen LogP) is 1.44. The Hall–Kier alpha value is -1.11. The number of hydrogen-bond acceptors (Lipinski definition) is 5. The fourth-order valence-electron chi connectivity index (χ4n) is 3.25. The molecule has 0 aromatic heterocycles. The van der Waals surface area contributed by atoms with Gasteiger partial charge in [-0.05, 0) is 39.0 Å². The molecule has 8 nitrogen and oxygen atoms in total. The minimum Gasteiger partial charge on any atom is -0.381 e. The molecule has 0 radical (unpaired) electrons. The molecule has 12 heteroatoms. The van der Waals surface area contributed by atoms with Gasteiger partial charge in [0.1, 0.15) is 0 Å². The number of piperidine rings is 1. The number of ether oxygens (including phenoxy) is 2. The molecule has 0 aliphatic carbocycles. The molecule has 29 heavy (non-hydrogen) atoms. The average molecular weight is 445 g/mol. The lowest BCUT2D eigenvalue weighted by Gasteiger charge is -2.32. The number of hydrogen-bond donors (Lipinski definition) is 2. The SMILES string of the molecule is CCNC(=NCCCOC1CCOCC1)NC1CCN(S(=O)(=O)C(F)(F)F)CC1. The molecule has 0 aromatic carbocycles. The van der Waals surface area contributed by atoms with Crippen LogP contribution in [0.25, 0.3) is 0 Å². The lowest BCUT2D eigenvalue weighted by Crippen LogP contribution is -2.51. The summed E-state index contributed by atoms with van der Waals surface area (Å²) < 4.78 is 72.5. The van der Waals surface area contributed by atoms with Gasteiger partial charge in [0.2, 0.25) is 0 Å². The minimum atomic E-state index is -5.25. The lowest BCUT2D eigenvalue weighted by molar-refractivity contribution is -0.0495. The molecule has 0 spiro atoms. The van der Waals surface area contributed by atoms with Crippen LogP contribution in [0.3, 0.4) is 0 Å². The van der Waals surface area contributed by atoms with Gasteiger partial charge in [0.05, 0.1) is 6.10 Å². The monoisotopic (exact) mass is 444 g/mol. The Bertz CT molecular complexity index is 617. The van der Waals surface area contributed by atoms with Gasteiger partial charge in [-0.1, -0.05) is 0 Å². The number of nitrogens with one attached hydrogen (secondary N) is 2. The maximum atomic E-state index is 12.7. The molecule has 2 rings (SSSR count). The number of nitrogens with zero attached hydrogens (tertiary/aromatic N) is 2. The van der Waals surface area contributed by atoms with Crippen molar-refractivity contribution in [1.82, 2.24) is 14.9 Å². The zero-order valence-corrected chi connectivity index (χ0v) is 17.5. The quantitative estimate of drug-likeness (QED) is 0.334. The van der Waals surface area contributed by atoms with Gasteiger partial charge < -0.3 is 20.1 Å². The molecule has 2 saturated heterocycles. The van der Waals surface area contributed by atoms with E-state index >= 15 is 0 Å². The topological polar surface area (TPSA) is 92.3 Å². The predicted molar refractivity (Wildman–Crippen MR) is 103 cm³/mol. The molecule has 0 unspecified atom stereocenters. The molecule has 2 heterocycles. The van der Waals surface area contributed by atoms with Crippen molar-refractivity contribution in [3.8, 4) is 0 Å². The number of aliphatic imine (C=N–C) groups is 1. The highest BCUT2D eigenvalue weighted by molar-refractivity contribution is 7.90. The molecular weight excluding hydrogens is 413 g/mol. The van der Waals surface area contributed by atoms with Crippen molar-refractivity contribution in [1.29, 1.82) is 0 Å². The molecule has 0 amide bonds. The number of rotatable bonds is 8. The van der Waals surface area contributed by atoms with Crippen LogP contribution in [0.1, 0.15) is 39.0 Å². The standard InChI is InChI=1S/C17H31F3N4O4S/c1-2-21-16(22-8-3-11-28-15-6-12-27-13-7-15)23-14-4-9-24(10-5-14)29(25,26)17(18,19)20/h14-15H,2-13H2,1H3,(H2,21,22,23). The first-order valence-corrected chi connectivity index (χ1v) is 11.5. The van der Waals surface area contributed by atoms with E-state index in [1.807, 2.05) is 6.92 Å². The number of alkyl halides is 3. The summed E-state index contributed by atoms with van der Waals surface area (Å²) in [5, 5.41) is 6.29. The van der Waals surface area contributed by atoms with Gasteiger partial charge in [0.15, 0.2) is 5.96 Å². The lowest BCUT2D eigenvalue weighted by atomic mass is 10.1. The van der Waals surface area contributed by atoms with Crippen LogP contribution in [0, 0.1) is 0 Å². The Morgan fingerprint density at radius 1 is 1.21 bits per heavy atom. The third-order valence-electron chi connectivity index (χ3n) is 4.87. The first-order chi connectivity index (χ1) is 13.7. The Morgan fingerprint density at radius 2 is 1.86 bits per heavy atom. The average Bonchev–Trinajstić information content (AvgIpc) is 2.68. The summed E-state index contributed by atoms with van der Waals surface area (Å²) in [7, 11) is -5.25. The van der Waals surface area contributed by atoms with Crippen molar-refractivity contribution in [3.63, 3.8) is 0 Å².